The maximum absolute atomic E-state index is 13.2. The molecule has 44 heavy (non-hydrogen) atoms. The van der Waals surface area contributed by atoms with Gasteiger partial charge in [-0.2, -0.15) is 13.2 Å². The standard InChI is InChI=1S/C32H27ClF3N3O5/c33-26-19-22(13-14-25(26)21-8-2-1-3-9-21)27(20-29(40)44-31(42)32(34,35)36)39-30(41)23-10-6-11-24(18-23)43-17-7-16-38-28-12-4-5-15-37-28/h1-6,8-15,18-19,27H,7,16-17,20H2,(H,37,38)(H,39,41). The zero-order valence-corrected chi connectivity index (χ0v) is 23.9. The first-order valence-corrected chi connectivity index (χ1v) is 13.8. The molecule has 0 bridgehead atoms. The summed E-state index contributed by atoms with van der Waals surface area (Å²) in [5.41, 5.74) is 1.96. The van der Waals surface area contributed by atoms with Crippen LogP contribution in [0, 0.1) is 0 Å². The van der Waals surface area contributed by atoms with Gasteiger partial charge in [0, 0.05) is 28.9 Å². The number of nitrogens with zero attached hydrogens (tertiary/aromatic N) is 1. The lowest BCUT2D eigenvalue weighted by Crippen LogP contribution is -2.33. The van der Waals surface area contributed by atoms with Gasteiger partial charge in [-0.1, -0.05) is 66.2 Å². The zero-order chi connectivity index (χ0) is 31.5. The van der Waals surface area contributed by atoms with Crippen molar-refractivity contribution in [3.8, 4) is 16.9 Å². The van der Waals surface area contributed by atoms with E-state index in [4.69, 9.17) is 16.3 Å². The average molecular weight is 626 g/mol. The van der Waals surface area contributed by atoms with Gasteiger partial charge >= 0.3 is 18.1 Å². The number of esters is 2. The molecule has 0 fully saturated rings. The number of rotatable bonds is 12. The number of amides is 1. The summed E-state index contributed by atoms with van der Waals surface area (Å²) in [5.74, 6) is -3.61. The monoisotopic (exact) mass is 625 g/mol. The number of anilines is 1. The largest absolute Gasteiger partial charge is 0.494 e. The molecule has 0 aliphatic heterocycles. The van der Waals surface area contributed by atoms with Crippen LogP contribution in [-0.4, -0.2) is 42.2 Å². The van der Waals surface area contributed by atoms with Crippen LogP contribution in [0.25, 0.3) is 11.1 Å². The molecular formula is C32H27ClF3N3O5. The van der Waals surface area contributed by atoms with E-state index in [0.29, 0.717) is 36.4 Å². The molecule has 0 saturated heterocycles. The molecule has 1 heterocycles. The number of hydrogen-bond acceptors (Lipinski definition) is 7. The molecule has 0 saturated carbocycles. The molecule has 12 heteroatoms. The van der Waals surface area contributed by atoms with Crippen molar-refractivity contribution in [2.45, 2.75) is 25.1 Å². The molecule has 1 atom stereocenters. The van der Waals surface area contributed by atoms with Crippen molar-refractivity contribution in [2.75, 3.05) is 18.5 Å². The van der Waals surface area contributed by atoms with Gasteiger partial charge in [-0.3, -0.25) is 9.59 Å². The van der Waals surface area contributed by atoms with Crippen molar-refractivity contribution in [1.29, 1.82) is 0 Å². The summed E-state index contributed by atoms with van der Waals surface area (Å²) in [6.45, 7) is 0.955. The summed E-state index contributed by atoms with van der Waals surface area (Å²) in [4.78, 5) is 41.0. The first-order valence-electron chi connectivity index (χ1n) is 13.5. The third kappa shape index (κ3) is 9.30. The molecule has 3 aromatic carbocycles. The van der Waals surface area contributed by atoms with Crippen molar-refractivity contribution in [1.82, 2.24) is 10.3 Å². The summed E-state index contributed by atoms with van der Waals surface area (Å²) in [6.07, 6.45) is -3.80. The Morgan fingerprint density at radius 2 is 1.68 bits per heavy atom. The molecule has 0 aliphatic rings. The quantitative estimate of drug-likeness (QED) is 0.102. The van der Waals surface area contributed by atoms with Crippen LogP contribution in [0.2, 0.25) is 5.02 Å². The highest BCUT2D eigenvalue weighted by Gasteiger charge is 2.42. The van der Waals surface area contributed by atoms with Crippen LogP contribution >= 0.6 is 11.6 Å². The van der Waals surface area contributed by atoms with E-state index in [1.54, 1.807) is 30.5 Å². The van der Waals surface area contributed by atoms with Crippen molar-refractivity contribution < 1.29 is 37.0 Å². The molecular weight excluding hydrogens is 599 g/mol. The van der Waals surface area contributed by atoms with E-state index in [1.807, 2.05) is 48.5 Å². The molecule has 0 aliphatic carbocycles. The van der Waals surface area contributed by atoms with Crippen LogP contribution < -0.4 is 15.4 Å². The highest BCUT2D eigenvalue weighted by Crippen LogP contribution is 2.32. The Morgan fingerprint density at radius 1 is 0.909 bits per heavy atom. The SMILES string of the molecule is O=C(CC(NC(=O)c1cccc(OCCCNc2ccccn2)c1)c1ccc(-c2ccccc2)c(Cl)c1)OC(=O)C(F)(F)F. The van der Waals surface area contributed by atoms with E-state index in [0.717, 1.165) is 11.4 Å². The number of pyridine rings is 1. The van der Waals surface area contributed by atoms with Crippen molar-refractivity contribution >= 4 is 35.3 Å². The van der Waals surface area contributed by atoms with Gasteiger partial charge in [0.25, 0.3) is 5.91 Å². The van der Waals surface area contributed by atoms with Gasteiger partial charge < -0.3 is 20.1 Å². The molecule has 4 aromatic rings. The van der Waals surface area contributed by atoms with Crippen LogP contribution in [0.3, 0.4) is 0 Å². The maximum atomic E-state index is 13.2. The number of hydrogen-bond donors (Lipinski definition) is 2. The summed E-state index contributed by atoms with van der Waals surface area (Å²) >= 11 is 6.51. The Morgan fingerprint density at radius 3 is 2.39 bits per heavy atom. The van der Waals surface area contributed by atoms with Gasteiger partial charge in [0.05, 0.1) is 19.1 Å². The minimum atomic E-state index is -5.36. The van der Waals surface area contributed by atoms with Gasteiger partial charge in [-0.15, -0.1) is 0 Å². The predicted molar refractivity (Wildman–Crippen MR) is 158 cm³/mol. The van der Waals surface area contributed by atoms with E-state index in [-0.39, 0.29) is 10.6 Å². The number of carbonyl (C=O) groups is 3. The minimum absolute atomic E-state index is 0.172. The molecule has 8 nitrogen and oxygen atoms in total. The Balaban J connectivity index is 1.45. The fraction of sp³-hybridized carbons (Fsp3) is 0.188. The molecule has 1 aromatic heterocycles. The minimum Gasteiger partial charge on any atom is -0.494 e. The number of benzene rings is 3. The summed E-state index contributed by atoms with van der Waals surface area (Å²) in [5, 5.41) is 6.08. The second-order valence-corrected chi connectivity index (χ2v) is 9.87. The zero-order valence-electron chi connectivity index (χ0n) is 23.1. The van der Waals surface area contributed by atoms with Gasteiger partial charge in [0.1, 0.15) is 11.6 Å². The number of ether oxygens (including phenoxy) is 2. The average Bonchev–Trinajstić information content (AvgIpc) is 3.01. The fourth-order valence-electron chi connectivity index (χ4n) is 4.14. The number of nitrogens with one attached hydrogen (secondary N) is 2. The Kier molecular flexibility index (Phi) is 10.9. The molecule has 1 amide bonds. The lowest BCUT2D eigenvalue weighted by atomic mass is 9.98. The normalized spacial score (nSPS) is 11.7. The fourth-order valence-corrected chi connectivity index (χ4v) is 4.43. The van der Waals surface area contributed by atoms with Crippen molar-refractivity contribution in [2.24, 2.45) is 0 Å². The molecule has 1 unspecified atom stereocenters. The molecule has 4 rings (SSSR count). The smallest absolute Gasteiger partial charge is 0.491 e. The van der Waals surface area contributed by atoms with E-state index >= 15 is 0 Å². The van der Waals surface area contributed by atoms with E-state index in [1.165, 1.54) is 18.2 Å². The van der Waals surface area contributed by atoms with Crippen LogP contribution in [0.4, 0.5) is 19.0 Å². The lowest BCUT2D eigenvalue weighted by Gasteiger charge is -2.20. The maximum Gasteiger partial charge on any atom is 0.491 e. The topological polar surface area (TPSA) is 107 Å². The third-order valence-electron chi connectivity index (χ3n) is 6.25. The van der Waals surface area contributed by atoms with Crippen LogP contribution in [0.1, 0.15) is 34.8 Å². The number of halogens is 4. The van der Waals surface area contributed by atoms with E-state index < -0.39 is 36.5 Å². The van der Waals surface area contributed by atoms with Gasteiger partial charge in [0.2, 0.25) is 0 Å². The van der Waals surface area contributed by atoms with Crippen molar-refractivity contribution in [3.05, 3.63) is 113 Å². The Labute approximate surface area is 256 Å². The highest BCUT2D eigenvalue weighted by atomic mass is 35.5. The first-order chi connectivity index (χ1) is 21.1. The second-order valence-electron chi connectivity index (χ2n) is 9.47. The van der Waals surface area contributed by atoms with Crippen LogP contribution in [0.5, 0.6) is 5.75 Å². The summed E-state index contributed by atoms with van der Waals surface area (Å²) in [6, 6.07) is 24.5. The van der Waals surface area contributed by atoms with E-state index in [2.05, 4.69) is 20.4 Å². The Hall–Kier alpha value is -4.90. The summed E-state index contributed by atoms with van der Waals surface area (Å²) < 4.78 is 47.8. The van der Waals surface area contributed by atoms with E-state index in [9.17, 15) is 27.6 Å². The van der Waals surface area contributed by atoms with Gasteiger partial charge in [-0.25, -0.2) is 9.78 Å². The number of carbonyl (C=O) groups excluding carboxylic acids is 3. The highest BCUT2D eigenvalue weighted by molar-refractivity contribution is 6.33. The third-order valence-corrected chi connectivity index (χ3v) is 6.56. The van der Waals surface area contributed by atoms with Gasteiger partial charge in [0.15, 0.2) is 0 Å². The summed E-state index contributed by atoms with van der Waals surface area (Å²) in [7, 11) is 0. The van der Waals surface area contributed by atoms with Crippen LogP contribution in [0.15, 0.2) is 97.2 Å². The molecule has 2 N–H and O–H groups in total. The first kappa shape index (κ1) is 32.0. The Bertz CT molecular complexity index is 1590. The molecule has 228 valence electrons. The number of aromatic nitrogens is 1. The van der Waals surface area contributed by atoms with Crippen LogP contribution in [-0.2, 0) is 14.3 Å². The second kappa shape index (κ2) is 15.0. The lowest BCUT2D eigenvalue weighted by molar-refractivity contribution is -0.202. The molecule has 0 spiro atoms. The predicted octanol–water partition coefficient (Wildman–Crippen LogP) is 6.78. The van der Waals surface area contributed by atoms with Gasteiger partial charge in [-0.05, 0) is 53.9 Å². The molecule has 0 radical (unpaired) electrons. The van der Waals surface area contributed by atoms with Crippen molar-refractivity contribution in [3.63, 3.8) is 0 Å². The number of alkyl halides is 3.